The van der Waals surface area contributed by atoms with E-state index in [9.17, 15) is 9.90 Å². The Morgan fingerprint density at radius 2 is 1.39 bits per heavy atom. The van der Waals surface area contributed by atoms with Crippen LogP contribution in [0, 0.1) is 0 Å². The Morgan fingerprint density at radius 1 is 0.783 bits per heavy atom. The van der Waals surface area contributed by atoms with E-state index in [4.69, 9.17) is 0 Å². The van der Waals surface area contributed by atoms with Gasteiger partial charge in [-0.2, -0.15) is 0 Å². The van der Waals surface area contributed by atoms with Crippen LogP contribution >= 0.6 is 0 Å². The lowest BCUT2D eigenvalue weighted by atomic mass is 10.1. The summed E-state index contributed by atoms with van der Waals surface area (Å²) in [6.07, 6.45) is 0.278. The maximum absolute atomic E-state index is 12.0. The molecule has 0 aromatic heterocycles. The van der Waals surface area contributed by atoms with Crippen molar-refractivity contribution in [3.05, 3.63) is 84.4 Å². The highest BCUT2D eigenvalue weighted by molar-refractivity contribution is 5.92. The number of amides is 1. The summed E-state index contributed by atoms with van der Waals surface area (Å²) >= 11 is 0. The van der Waals surface area contributed by atoms with Gasteiger partial charge in [-0.3, -0.25) is 4.79 Å². The first-order valence-corrected chi connectivity index (χ1v) is 7.44. The fourth-order valence-corrected chi connectivity index (χ4v) is 2.38. The van der Waals surface area contributed by atoms with Crippen molar-refractivity contribution in [1.29, 1.82) is 0 Å². The van der Waals surface area contributed by atoms with Crippen molar-refractivity contribution in [3.63, 3.8) is 0 Å². The molecule has 0 radical (unpaired) electrons. The Labute approximate surface area is 135 Å². The van der Waals surface area contributed by atoms with Crippen molar-refractivity contribution in [1.82, 2.24) is 0 Å². The number of aromatic hydroxyl groups is 1. The van der Waals surface area contributed by atoms with Gasteiger partial charge in [-0.15, -0.1) is 0 Å². The zero-order valence-electron chi connectivity index (χ0n) is 12.6. The lowest BCUT2D eigenvalue weighted by Gasteiger charge is -2.07. The van der Waals surface area contributed by atoms with Gasteiger partial charge in [-0.1, -0.05) is 54.6 Å². The number of rotatable bonds is 4. The maximum atomic E-state index is 12.0. The van der Waals surface area contributed by atoms with E-state index in [-0.39, 0.29) is 18.1 Å². The number of nitrogens with one attached hydrogen (secondary N) is 1. The van der Waals surface area contributed by atoms with Crippen LogP contribution in [0.3, 0.4) is 0 Å². The third kappa shape index (κ3) is 3.98. The Bertz CT molecular complexity index is 778. The van der Waals surface area contributed by atoms with Crippen LogP contribution in [0.1, 0.15) is 5.56 Å². The van der Waals surface area contributed by atoms with Crippen molar-refractivity contribution < 1.29 is 9.90 Å². The molecule has 3 aromatic carbocycles. The van der Waals surface area contributed by atoms with Gasteiger partial charge in [-0.05, 0) is 41.0 Å². The molecule has 3 nitrogen and oxygen atoms in total. The maximum Gasteiger partial charge on any atom is 0.228 e. The van der Waals surface area contributed by atoms with Crippen molar-refractivity contribution in [2.45, 2.75) is 6.42 Å². The first kappa shape index (κ1) is 14.9. The fraction of sp³-hybridized carbons (Fsp3) is 0.0500. The molecular formula is C20H17NO2. The number of hydrogen-bond donors (Lipinski definition) is 2. The molecule has 0 spiro atoms. The molecule has 3 heteroatoms. The van der Waals surface area contributed by atoms with Gasteiger partial charge in [0.1, 0.15) is 5.75 Å². The highest BCUT2D eigenvalue weighted by Gasteiger charge is 2.05. The van der Waals surface area contributed by atoms with Gasteiger partial charge in [0.25, 0.3) is 0 Å². The molecule has 1 amide bonds. The van der Waals surface area contributed by atoms with Gasteiger partial charge in [0.05, 0.1) is 6.42 Å². The number of phenols is 1. The molecule has 0 heterocycles. The monoisotopic (exact) mass is 303 g/mol. The summed E-state index contributed by atoms with van der Waals surface area (Å²) in [5.74, 6) is 0.119. The van der Waals surface area contributed by atoms with E-state index in [1.165, 1.54) is 0 Å². The lowest BCUT2D eigenvalue weighted by Crippen LogP contribution is -2.14. The Balaban J connectivity index is 1.64. The summed E-state index contributed by atoms with van der Waals surface area (Å²) in [5.41, 5.74) is 3.89. The third-order valence-corrected chi connectivity index (χ3v) is 3.58. The zero-order chi connectivity index (χ0) is 16.1. The molecule has 3 aromatic rings. The Kier molecular flexibility index (Phi) is 4.39. The van der Waals surface area contributed by atoms with Gasteiger partial charge in [0.2, 0.25) is 5.91 Å². The first-order valence-electron chi connectivity index (χ1n) is 7.44. The molecule has 0 aliphatic heterocycles. The van der Waals surface area contributed by atoms with Crippen molar-refractivity contribution >= 4 is 11.6 Å². The number of carbonyl (C=O) groups excluding carboxylic acids is 1. The van der Waals surface area contributed by atoms with E-state index in [0.29, 0.717) is 0 Å². The summed E-state index contributed by atoms with van der Waals surface area (Å²) < 4.78 is 0. The first-order chi connectivity index (χ1) is 11.2. The van der Waals surface area contributed by atoms with Crippen LogP contribution in [0.25, 0.3) is 11.1 Å². The van der Waals surface area contributed by atoms with Crippen LogP contribution in [-0.4, -0.2) is 11.0 Å². The molecular weight excluding hydrogens is 286 g/mol. The molecule has 0 saturated carbocycles. The van der Waals surface area contributed by atoms with E-state index in [1.807, 2.05) is 42.5 Å². The van der Waals surface area contributed by atoms with Gasteiger partial charge in [0, 0.05) is 5.69 Å². The molecule has 2 N–H and O–H groups in total. The standard InChI is InChI=1S/C20H17NO2/c22-19-12-6-15(7-13-19)14-20(23)21-18-10-8-17(9-11-18)16-4-2-1-3-5-16/h1-13,22H,14H2,(H,21,23). The molecule has 0 unspecified atom stereocenters. The molecule has 0 fully saturated rings. The van der Waals surface area contributed by atoms with E-state index < -0.39 is 0 Å². The SMILES string of the molecule is O=C(Cc1ccc(O)cc1)Nc1ccc(-c2ccccc2)cc1. The van der Waals surface area contributed by atoms with Crippen molar-refractivity contribution in [2.24, 2.45) is 0 Å². The zero-order valence-corrected chi connectivity index (χ0v) is 12.6. The molecule has 23 heavy (non-hydrogen) atoms. The molecule has 0 saturated heterocycles. The number of hydrogen-bond acceptors (Lipinski definition) is 2. The normalized spacial score (nSPS) is 10.3. The molecule has 0 aliphatic carbocycles. The fourth-order valence-electron chi connectivity index (χ4n) is 2.38. The van der Waals surface area contributed by atoms with E-state index in [2.05, 4.69) is 17.4 Å². The smallest absolute Gasteiger partial charge is 0.228 e. The number of benzene rings is 3. The quantitative estimate of drug-likeness (QED) is 0.757. The number of carbonyl (C=O) groups is 1. The Morgan fingerprint density at radius 3 is 2.04 bits per heavy atom. The summed E-state index contributed by atoms with van der Waals surface area (Å²) in [5, 5.41) is 12.1. The van der Waals surface area contributed by atoms with Crippen LogP contribution in [0.4, 0.5) is 5.69 Å². The van der Waals surface area contributed by atoms with E-state index >= 15 is 0 Å². The summed E-state index contributed by atoms with van der Waals surface area (Å²) in [7, 11) is 0. The predicted molar refractivity (Wildman–Crippen MR) is 92.3 cm³/mol. The second-order valence-electron chi connectivity index (χ2n) is 5.33. The summed E-state index contributed by atoms with van der Waals surface area (Å²) in [4.78, 5) is 12.0. The highest BCUT2D eigenvalue weighted by Crippen LogP contribution is 2.21. The van der Waals surface area contributed by atoms with E-state index in [1.54, 1.807) is 24.3 Å². The summed E-state index contributed by atoms with van der Waals surface area (Å²) in [6, 6.07) is 24.5. The second kappa shape index (κ2) is 6.79. The topological polar surface area (TPSA) is 49.3 Å². The van der Waals surface area contributed by atoms with Crippen LogP contribution in [-0.2, 0) is 11.2 Å². The van der Waals surface area contributed by atoms with Gasteiger partial charge in [0.15, 0.2) is 0 Å². The van der Waals surface area contributed by atoms with Gasteiger partial charge < -0.3 is 10.4 Å². The second-order valence-corrected chi connectivity index (χ2v) is 5.33. The van der Waals surface area contributed by atoms with Gasteiger partial charge in [-0.25, -0.2) is 0 Å². The molecule has 3 rings (SSSR count). The number of anilines is 1. The minimum absolute atomic E-state index is 0.0804. The van der Waals surface area contributed by atoms with Crippen molar-refractivity contribution in [3.8, 4) is 16.9 Å². The largest absolute Gasteiger partial charge is 0.508 e. The van der Waals surface area contributed by atoms with E-state index in [0.717, 1.165) is 22.4 Å². The minimum atomic E-state index is -0.0804. The Hall–Kier alpha value is -3.07. The third-order valence-electron chi connectivity index (χ3n) is 3.58. The van der Waals surface area contributed by atoms with Crippen LogP contribution in [0.2, 0.25) is 0 Å². The average Bonchev–Trinajstić information content (AvgIpc) is 2.58. The highest BCUT2D eigenvalue weighted by atomic mass is 16.3. The molecule has 114 valence electrons. The molecule has 0 aliphatic rings. The summed E-state index contributed by atoms with van der Waals surface area (Å²) in [6.45, 7) is 0. The van der Waals surface area contributed by atoms with Crippen LogP contribution < -0.4 is 5.32 Å². The van der Waals surface area contributed by atoms with Crippen LogP contribution in [0.5, 0.6) is 5.75 Å². The predicted octanol–water partition coefficient (Wildman–Crippen LogP) is 4.24. The molecule has 0 bridgehead atoms. The van der Waals surface area contributed by atoms with Gasteiger partial charge >= 0.3 is 0 Å². The molecule has 0 atom stereocenters. The average molecular weight is 303 g/mol. The lowest BCUT2D eigenvalue weighted by molar-refractivity contribution is -0.115. The van der Waals surface area contributed by atoms with Crippen LogP contribution in [0.15, 0.2) is 78.9 Å². The van der Waals surface area contributed by atoms with Crippen molar-refractivity contribution in [2.75, 3.05) is 5.32 Å². The minimum Gasteiger partial charge on any atom is -0.508 e. The number of phenolic OH excluding ortho intramolecular Hbond substituents is 1.